The highest BCUT2D eigenvalue weighted by molar-refractivity contribution is 5.85. The van der Waals surface area contributed by atoms with E-state index in [0.29, 0.717) is 13.1 Å². The van der Waals surface area contributed by atoms with E-state index < -0.39 is 0 Å². The Bertz CT molecular complexity index is 590. The number of urea groups is 1. The van der Waals surface area contributed by atoms with Crippen LogP contribution >= 0.6 is 12.4 Å². The molecule has 1 unspecified atom stereocenters. The van der Waals surface area contributed by atoms with Crippen molar-refractivity contribution in [3.63, 3.8) is 0 Å². The molecule has 1 fully saturated rings. The lowest BCUT2D eigenvalue weighted by molar-refractivity contribution is -0.130. The second-order valence-corrected chi connectivity index (χ2v) is 6.25. The number of likely N-dealkylation sites (N-methyl/N-ethyl adjacent to an activating group) is 1. The van der Waals surface area contributed by atoms with Gasteiger partial charge in [0.15, 0.2) is 0 Å². The maximum absolute atomic E-state index is 12.3. The predicted octanol–water partition coefficient (Wildman–Crippen LogP) is 0.996. The Morgan fingerprint density at radius 3 is 2.79 bits per heavy atom. The molecule has 7 heteroatoms. The fourth-order valence-corrected chi connectivity index (χ4v) is 3.23. The largest absolute Gasteiger partial charge is 0.340 e. The first kappa shape index (κ1) is 18.5. The average molecular weight is 353 g/mol. The monoisotopic (exact) mass is 352 g/mol. The first-order valence-corrected chi connectivity index (χ1v) is 8.21. The molecule has 0 bridgehead atoms. The lowest BCUT2D eigenvalue weighted by atomic mass is 10.0. The predicted molar refractivity (Wildman–Crippen MR) is 95.2 cm³/mol. The molecule has 1 aromatic carbocycles. The van der Waals surface area contributed by atoms with Gasteiger partial charge in [-0.05, 0) is 30.5 Å². The van der Waals surface area contributed by atoms with Crippen molar-refractivity contribution in [1.82, 2.24) is 20.4 Å². The Morgan fingerprint density at radius 2 is 2.08 bits per heavy atom. The highest BCUT2D eigenvalue weighted by Gasteiger charge is 2.24. The summed E-state index contributed by atoms with van der Waals surface area (Å²) >= 11 is 0. The lowest BCUT2D eigenvalue weighted by Crippen LogP contribution is -2.48. The van der Waals surface area contributed by atoms with Gasteiger partial charge in [-0.15, -0.1) is 12.4 Å². The minimum atomic E-state index is -0.161. The molecule has 1 saturated heterocycles. The van der Waals surface area contributed by atoms with E-state index in [1.165, 1.54) is 11.1 Å². The molecule has 3 amide bonds. The Kier molecular flexibility index (Phi) is 6.45. The summed E-state index contributed by atoms with van der Waals surface area (Å²) < 4.78 is 0. The van der Waals surface area contributed by atoms with Crippen LogP contribution in [0.1, 0.15) is 17.5 Å². The molecular formula is C17H25ClN4O2. The van der Waals surface area contributed by atoms with Crippen LogP contribution in [0.5, 0.6) is 0 Å². The molecule has 2 heterocycles. The van der Waals surface area contributed by atoms with E-state index in [1.807, 2.05) is 19.2 Å². The molecule has 2 N–H and O–H groups in total. The molecule has 0 saturated carbocycles. The van der Waals surface area contributed by atoms with Crippen molar-refractivity contribution in [2.75, 3.05) is 33.2 Å². The summed E-state index contributed by atoms with van der Waals surface area (Å²) in [5, 5.41) is 6.01. The van der Waals surface area contributed by atoms with Gasteiger partial charge in [0.25, 0.3) is 0 Å². The lowest BCUT2D eigenvalue weighted by Gasteiger charge is -2.29. The van der Waals surface area contributed by atoms with Gasteiger partial charge in [-0.3, -0.25) is 4.79 Å². The Balaban J connectivity index is 0.00000208. The summed E-state index contributed by atoms with van der Waals surface area (Å²) in [7, 11) is 1.81. The summed E-state index contributed by atoms with van der Waals surface area (Å²) in [5.74, 6) is -0.0375. The Labute approximate surface area is 149 Å². The highest BCUT2D eigenvalue weighted by Crippen LogP contribution is 2.18. The molecule has 1 atom stereocenters. The van der Waals surface area contributed by atoms with Gasteiger partial charge in [-0.25, -0.2) is 4.79 Å². The molecule has 2 aliphatic heterocycles. The number of carbonyl (C=O) groups is 2. The standard InChI is InChI=1S/C17H24N4O2.ClH/c1-20(15-6-8-18-10-15)16(22)11-19-17(23)21-9-7-13-4-2-3-5-14(13)12-21;/h2-5,15,18H,6-12H2,1H3,(H,19,23);1H. The van der Waals surface area contributed by atoms with Crippen LogP contribution < -0.4 is 10.6 Å². The van der Waals surface area contributed by atoms with Crippen LogP contribution in [0.25, 0.3) is 0 Å². The van der Waals surface area contributed by atoms with Gasteiger partial charge in [0.1, 0.15) is 0 Å². The number of carbonyl (C=O) groups excluding carboxylic acids is 2. The van der Waals surface area contributed by atoms with E-state index in [-0.39, 0.29) is 36.9 Å². The molecule has 0 spiro atoms. The van der Waals surface area contributed by atoms with Crippen molar-refractivity contribution in [2.24, 2.45) is 0 Å². The Hall–Kier alpha value is -1.79. The third-order valence-corrected chi connectivity index (χ3v) is 4.78. The van der Waals surface area contributed by atoms with Gasteiger partial charge in [0, 0.05) is 32.7 Å². The number of hydrogen-bond donors (Lipinski definition) is 2. The first-order chi connectivity index (χ1) is 11.1. The number of benzene rings is 1. The number of rotatable bonds is 3. The van der Waals surface area contributed by atoms with Gasteiger partial charge >= 0.3 is 6.03 Å². The Morgan fingerprint density at radius 1 is 1.33 bits per heavy atom. The van der Waals surface area contributed by atoms with Crippen LogP contribution in [0.15, 0.2) is 24.3 Å². The number of amides is 3. The molecule has 0 aliphatic carbocycles. The molecule has 132 valence electrons. The van der Waals surface area contributed by atoms with Crippen LogP contribution in [-0.4, -0.2) is 61.0 Å². The highest BCUT2D eigenvalue weighted by atomic mass is 35.5. The van der Waals surface area contributed by atoms with Crippen LogP contribution in [0.3, 0.4) is 0 Å². The van der Waals surface area contributed by atoms with Gasteiger partial charge in [0.2, 0.25) is 5.91 Å². The van der Waals surface area contributed by atoms with Crippen molar-refractivity contribution in [3.8, 4) is 0 Å². The third-order valence-electron chi connectivity index (χ3n) is 4.78. The molecule has 3 rings (SSSR count). The third kappa shape index (κ3) is 4.19. The molecule has 0 radical (unpaired) electrons. The maximum Gasteiger partial charge on any atom is 0.318 e. The normalized spacial score (nSPS) is 19.2. The second kappa shape index (κ2) is 8.35. The molecule has 2 aliphatic rings. The fourth-order valence-electron chi connectivity index (χ4n) is 3.23. The summed E-state index contributed by atoms with van der Waals surface area (Å²) in [4.78, 5) is 28.0. The minimum Gasteiger partial charge on any atom is -0.340 e. The topological polar surface area (TPSA) is 64.7 Å². The van der Waals surface area contributed by atoms with E-state index in [0.717, 1.165) is 25.9 Å². The number of nitrogens with zero attached hydrogens (tertiary/aromatic N) is 2. The number of fused-ring (bicyclic) bond motifs is 1. The van der Waals surface area contributed by atoms with Crippen molar-refractivity contribution < 1.29 is 9.59 Å². The van der Waals surface area contributed by atoms with Gasteiger partial charge in [0.05, 0.1) is 6.54 Å². The quantitative estimate of drug-likeness (QED) is 0.853. The maximum atomic E-state index is 12.3. The summed E-state index contributed by atoms with van der Waals surface area (Å²) in [5.41, 5.74) is 2.50. The second-order valence-electron chi connectivity index (χ2n) is 6.25. The van der Waals surface area contributed by atoms with E-state index in [2.05, 4.69) is 22.8 Å². The van der Waals surface area contributed by atoms with Crippen LogP contribution in [0.2, 0.25) is 0 Å². The number of nitrogens with one attached hydrogen (secondary N) is 2. The van der Waals surface area contributed by atoms with Gasteiger partial charge < -0.3 is 20.4 Å². The van der Waals surface area contributed by atoms with E-state index in [9.17, 15) is 9.59 Å². The molecule has 6 nitrogen and oxygen atoms in total. The number of hydrogen-bond acceptors (Lipinski definition) is 3. The zero-order valence-electron chi connectivity index (χ0n) is 14.0. The van der Waals surface area contributed by atoms with Crippen molar-refractivity contribution in [3.05, 3.63) is 35.4 Å². The SMILES string of the molecule is CN(C(=O)CNC(=O)N1CCc2ccccc2C1)C1CCNC1.Cl. The smallest absolute Gasteiger partial charge is 0.318 e. The average Bonchev–Trinajstić information content (AvgIpc) is 3.12. The summed E-state index contributed by atoms with van der Waals surface area (Å²) in [6.45, 7) is 3.14. The van der Waals surface area contributed by atoms with Crippen LogP contribution in [0.4, 0.5) is 4.79 Å². The zero-order chi connectivity index (χ0) is 16.2. The zero-order valence-corrected chi connectivity index (χ0v) is 14.8. The molecule has 1 aromatic rings. The van der Waals surface area contributed by atoms with Gasteiger partial charge in [-0.1, -0.05) is 24.3 Å². The van der Waals surface area contributed by atoms with E-state index >= 15 is 0 Å². The van der Waals surface area contributed by atoms with Crippen molar-refractivity contribution >= 4 is 24.3 Å². The first-order valence-electron chi connectivity index (χ1n) is 8.21. The van der Waals surface area contributed by atoms with E-state index in [1.54, 1.807) is 9.80 Å². The number of halogens is 1. The fraction of sp³-hybridized carbons (Fsp3) is 0.529. The van der Waals surface area contributed by atoms with Crippen molar-refractivity contribution in [1.29, 1.82) is 0 Å². The summed E-state index contributed by atoms with van der Waals surface area (Å²) in [6.07, 6.45) is 1.84. The molecule has 24 heavy (non-hydrogen) atoms. The van der Waals surface area contributed by atoms with E-state index in [4.69, 9.17) is 0 Å². The minimum absolute atomic E-state index is 0. The van der Waals surface area contributed by atoms with Gasteiger partial charge in [-0.2, -0.15) is 0 Å². The van der Waals surface area contributed by atoms with Crippen molar-refractivity contribution in [2.45, 2.75) is 25.4 Å². The summed E-state index contributed by atoms with van der Waals surface area (Å²) in [6, 6.07) is 8.27. The van der Waals surface area contributed by atoms with Crippen LogP contribution in [-0.2, 0) is 17.8 Å². The molecular weight excluding hydrogens is 328 g/mol. The van der Waals surface area contributed by atoms with Crippen LogP contribution in [0, 0.1) is 0 Å². The molecule has 0 aromatic heterocycles.